The highest BCUT2D eigenvalue weighted by Crippen LogP contribution is 2.26. The lowest BCUT2D eigenvalue weighted by Crippen LogP contribution is -2.50. The minimum absolute atomic E-state index is 0.0910. The van der Waals surface area contributed by atoms with Crippen molar-refractivity contribution in [2.45, 2.75) is 38.3 Å². The minimum atomic E-state index is -2.65. The first kappa shape index (κ1) is 16.8. The number of piperidine rings is 1. The van der Waals surface area contributed by atoms with Crippen molar-refractivity contribution in [3.63, 3.8) is 0 Å². The molecule has 1 aliphatic rings. The molecule has 2 unspecified atom stereocenters. The molecule has 0 spiro atoms. The minimum Gasteiger partial charge on any atom is -0.352 e. The SMILES string of the molecule is CC1C(N)CCCN1c1cc(-c2cnc3ccc(C(F)F)nn23)ncn1. The van der Waals surface area contributed by atoms with E-state index in [1.54, 1.807) is 6.20 Å². The number of nitrogens with two attached hydrogens (primary N) is 1. The summed E-state index contributed by atoms with van der Waals surface area (Å²) in [5, 5.41) is 3.99. The first-order valence-electron chi connectivity index (χ1n) is 8.52. The van der Waals surface area contributed by atoms with Crippen LogP contribution in [0, 0.1) is 0 Å². The molecule has 1 saturated heterocycles. The van der Waals surface area contributed by atoms with Crippen LogP contribution in [0.15, 0.2) is 30.7 Å². The van der Waals surface area contributed by atoms with Crippen LogP contribution in [-0.4, -0.2) is 43.2 Å². The zero-order valence-corrected chi connectivity index (χ0v) is 14.3. The van der Waals surface area contributed by atoms with Crippen LogP contribution in [0.3, 0.4) is 0 Å². The van der Waals surface area contributed by atoms with Crippen LogP contribution in [-0.2, 0) is 0 Å². The number of rotatable bonds is 3. The van der Waals surface area contributed by atoms with E-state index in [1.165, 1.54) is 23.0 Å². The molecule has 4 heterocycles. The standard InChI is InChI=1S/C17H19F2N7/c1-10-11(20)3-2-6-25(10)16-7-13(22-9-23-16)14-8-21-15-5-4-12(17(18)19)24-26(14)15/h4-5,7-11,17H,2-3,6,20H2,1H3. The largest absolute Gasteiger partial charge is 0.352 e. The van der Waals surface area contributed by atoms with E-state index >= 15 is 0 Å². The molecule has 0 radical (unpaired) electrons. The Bertz CT molecular complexity index is 926. The molecule has 136 valence electrons. The van der Waals surface area contributed by atoms with Crippen LogP contribution in [0.5, 0.6) is 0 Å². The lowest BCUT2D eigenvalue weighted by atomic mass is 9.98. The van der Waals surface area contributed by atoms with Crippen molar-refractivity contribution in [2.24, 2.45) is 5.73 Å². The van der Waals surface area contributed by atoms with Gasteiger partial charge in [0.1, 0.15) is 23.5 Å². The van der Waals surface area contributed by atoms with E-state index in [-0.39, 0.29) is 17.8 Å². The van der Waals surface area contributed by atoms with Crippen LogP contribution in [0.2, 0.25) is 0 Å². The number of hydrogen-bond donors (Lipinski definition) is 1. The van der Waals surface area contributed by atoms with Gasteiger partial charge in [-0.3, -0.25) is 0 Å². The van der Waals surface area contributed by atoms with E-state index in [2.05, 4.69) is 31.9 Å². The Labute approximate surface area is 148 Å². The highest BCUT2D eigenvalue weighted by Gasteiger charge is 2.26. The molecular formula is C17H19F2N7. The van der Waals surface area contributed by atoms with E-state index in [9.17, 15) is 8.78 Å². The molecule has 2 atom stereocenters. The predicted molar refractivity (Wildman–Crippen MR) is 93.0 cm³/mol. The fourth-order valence-electron chi connectivity index (χ4n) is 3.32. The van der Waals surface area contributed by atoms with Crippen molar-refractivity contribution < 1.29 is 8.78 Å². The number of imidazole rings is 1. The summed E-state index contributed by atoms with van der Waals surface area (Å²) in [6, 6.07) is 4.88. The van der Waals surface area contributed by atoms with E-state index in [0.29, 0.717) is 17.0 Å². The molecule has 1 aliphatic heterocycles. The molecule has 9 heteroatoms. The molecule has 0 amide bonds. The van der Waals surface area contributed by atoms with E-state index in [1.807, 2.05) is 6.07 Å². The van der Waals surface area contributed by atoms with Crippen molar-refractivity contribution in [2.75, 3.05) is 11.4 Å². The second-order valence-corrected chi connectivity index (χ2v) is 6.47. The molecule has 3 aromatic rings. The number of fused-ring (bicyclic) bond motifs is 1. The van der Waals surface area contributed by atoms with Crippen LogP contribution in [0.4, 0.5) is 14.6 Å². The average Bonchev–Trinajstić information content (AvgIpc) is 3.07. The number of aromatic nitrogens is 5. The van der Waals surface area contributed by atoms with Gasteiger partial charge < -0.3 is 10.6 Å². The fraction of sp³-hybridized carbons (Fsp3) is 0.412. The maximum absolute atomic E-state index is 13.0. The van der Waals surface area contributed by atoms with Gasteiger partial charge in [0.2, 0.25) is 0 Å². The van der Waals surface area contributed by atoms with Gasteiger partial charge in [0.25, 0.3) is 6.43 Å². The molecule has 4 rings (SSSR count). The maximum atomic E-state index is 13.0. The average molecular weight is 359 g/mol. The zero-order chi connectivity index (χ0) is 18.3. The molecule has 26 heavy (non-hydrogen) atoms. The number of nitrogens with zero attached hydrogens (tertiary/aromatic N) is 6. The fourth-order valence-corrected chi connectivity index (χ4v) is 3.32. The Kier molecular flexibility index (Phi) is 4.23. The highest BCUT2D eigenvalue weighted by atomic mass is 19.3. The summed E-state index contributed by atoms with van der Waals surface area (Å²) >= 11 is 0. The third-order valence-electron chi connectivity index (χ3n) is 4.86. The van der Waals surface area contributed by atoms with Crippen molar-refractivity contribution in [3.8, 4) is 11.4 Å². The predicted octanol–water partition coefficient (Wildman–Crippen LogP) is 2.44. The number of hydrogen-bond acceptors (Lipinski definition) is 6. The third-order valence-corrected chi connectivity index (χ3v) is 4.86. The molecular weight excluding hydrogens is 340 g/mol. The van der Waals surface area contributed by atoms with Gasteiger partial charge in [0, 0.05) is 24.7 Å². The third kappa shape index (κ3) is 2.88. The monoisotopic (exact) mass is 359 g/mol. The molecule has 3 aromatic heterocycles. The normalized spacial score (nSPS) is 20.9. The van der Waals surface area contributed by atoms with Gasteiger partial charge in [-0.1, -0.05) is 0 Å². The van der Waals surface area contributed by atoms with Crippen LogP contribution >= 0.6 is 0 Å². The van der Waals surface area contributed by atoms with Gasteiger partial charge >= 0.3 is 0 Å². The maximum Gasteiger partial charge on any atom is 0.282 e. The Hall–Kier alpha value is -2.68. The summed E-state index contributed by atoms with van der Waals surface area (Å²) in [6.07, 6.45) is 2.39. The van der Waals surface area contributed by atoms with Crippen LogP contribution in [0.1, 0.15) is 31.9 Å². The van der Waals surface area contributed by atoms with E-state index in [4.69, 9.17) is 5.73 Å². The number of anilines is 1. The second-order valence-electron chi connectivity index (χ2n) is 6.47. The van der Waals surface area contributed by atoms with E-state index in [0.717, 1.165) is 25.2 Å². The summed E-state index contributed by atoms with van der Waals surface area (Å²) in [5.74, 6) is 0.762. The summed E-state index contributed by atoms with van der Waals surface area (Å²) < 4.78 is 27.4. The summed E-state index contributed by atoms with van der Waals surface area (Å²) in [6.45, 7) is 2.95. The number of alkyl halides is 2. The molecule has 2 N–H and O–H groups in total. The summed E-state index contributed by atoms with van der Waals surface area (Å²) in [5.41, 5.74) is 7.48. The first-order valence-corrected chi connectivity index (χ1v) is 8.52. The Balaban J connectivity index is 1.75. The molecule has 1 fully saturated rings. The van der Waals surface area contributed by atoms with Gasteiger partial charge in [-0.15, -0.1) is 0 Å². The lowest BCUT2D eigenvalue weighted by molar-refractivity contribution is 0.144. The second kappa shape index (κ2) is 6.56. The topological polar surface area (TPSA) is 85.2 Å². The van der Waals surface area contributed by atoms with Crippen molar-refractivity contribution >= 4 is 11.5 Å². The highest BCUT2D eigenvalue weighted by molar-refractivity contribution is 5.62. The first-order chi connectivity index (χ1) is 12.5. The molecule has 0 aliphatic carbocycles. The zero-order valence-electron chi connectivity index (χ0n) is 14.3. The van der Waals surface area contributed by atoms with Crippen molar-refractivity contribution in [1.29, 1.82) is 0 Å². The number of halogens is 2. The molecule has 0 saturated carbocycles. The van der Waals surface area contributed by atoms with Crippen molar-refractivity contribution in [1.82, 2.24) is 24.6 Å². The van der Waals surface area contributed by atoms with Crippen LogP contribution in [0.25, 0.3) is 17.0 Å². The van der Waals surface area contributed by atoms with Gasteiger partial charge in [-0.25, -0.2) is 28.2 Å². The van der Waals surface area contributed by atoms with Gasteiger partial charge in [-0.05, 0) is 31.9 Å². The Morgan fingerprint density at radius 2 is 2.08 bits per heavy atom. The molecule has 0 aromatic carbocycles. The van der Waals surface area contributed by atoms with Gasteiger partial charge in [0.05, 0.1) is 11.9 Å². The lowest BCUT2D eigenvalue weighted by Gasteiger charge is -2.38. The Morgan fingerprint density at radius 1 is 1.23 bits per heavy atom. The van der Waals surface area contributed by atoms with Gasteiger partial charge in [0.15, 0.2) is 5.65 Å². The molecule has 0 bridgehead atoms. The summed E-state index contributed by atoms with van der Waals surface area (Å²) in [4.78, 5) is 15.0. The quantitative estimate of drug-likeness (QED) is 0.773. The van der Waals surface area contributed by atoms with Crippen molar-refractivity contribution in [3.05, 3.63) is 36.4 Å². The molecule has 7 nitrogen and oxygen atoms in total. The summed E-state index contributed by atoms with van der Waals surface area (Å²) in [7, 11) is 0. The van der Waals surface area contributed by atoms with Crippen LogP contribution < -0.4 is 10.6 Å². The van der Waals surface area contributed by atoms with Gasteiger partial charge in [-0.2, -0.15) is 5.10 Å². The smallest absolute Gasteiger partial charge is 0.282 e. The Morgan fingerprint density at radius 3 is 2.88 bits per heavy atom. The van der Waals surface area contributed by atoms with E-state index < -0.39 is 6.43 Å².